The Hall–Kier alpha value is -0.760. The first-order valence-corrected chi connectivity index (χ1v) is 5.31. The summed E-state index contributed by atoms with van der Waals surface area (Å²) in [6, 6.07) is 2.21. The molecular formula is C11H17ClN2. The van der Waals surface area contributed by atoms with Crippen molar-refractivity contribution in [1.29, 1.82) is 0 Å². The first kappa shape index (κ1) is 11.3. The van der Waals surface area contributed by atoms with Gasteiger partial charge in [0.25, 0.3) is 0 Å². The van der Waals surface area contributed by atoms with Crippen LogP contribution in [-0.2, 0) is 0 Å². The minimum absolute atomic E-state index is 0.374. The zero-order valence-electron chi connectivity index (χ0n) is 9.13. The fourth-order valence-electron chi connectivity index (χ4n) is 1.39. The van der Waals surface area contributed by atoms with Crippen molar-refractivity contribution in [3.63, 3.8) is 0 Å². The lowest BCUT2D eigenvalue weighted by molar-refractivity contribution is 0.834. The summed E-state index contributed by atoms with van der Waals surface area (Å²) in [6.07, 6.45) is 1.74. The normalized spacial score (nSPS) is 11.1. The lowest BCUT2D eigenvalue weighted by atomic mass is 10.0. The fraction of sp³-hybridized carbons (Fsp3) is 0.545. The van der Waals surface area contributed by atoms with Crippen LogP contribution in [0.3, 0.4) is 0 Å². The number of nitrogens with zero attached hydrogens (tertiary/aromatic N) is 1. The number of nitrogens with one attached hydrogen (secondary N) is 1. The number of halogens is 1. The van der Waals surface area contributed by atoms with Crippen molar-refractivity contribution in [2.75, 3.05) is 5.32 Å². The van der Waals surface area contributed by atoms with E-state index in [1.165, 1.54) is 0 Å². The van der Waals surface area contributed by atoms with Crippen LogP contribution in [0.1, 0.15) is 39.2 Å². The number of rotatable bonds is 3. The smallest absolute Gasteiger partial charge is 0.131 e. The summed E-state index contributed by atoms with van der Waals surface area (Å²) >= 11 is 6.13. The molecule has 14 heavy (non-hydrogen) atoms. The maximum Gasteiger partial charge on any atom is 0.131 e. The molecule has 0 aliphatic rings. The highest BCUT2D eigenvalue weighted by Gasteiger charge is 2.12. The van der Waals surface area contributed by atoms with Gasteiger partial charge in [0.15, 0.2) is 0 Å². The Kier molecular flexibility index (Phi) is 3.76. The first-order chi connectivity index (χ1) is 6.52. The molecular weight excluding hydrogens is 196 g/mol. The lowest BCUT2D eigenvalue weighted by Crippen LogP contribution is -2.13. The Morgan fingerprint density at radius 1 is 1.29 bits per heavy atom. The molecule has 0 aliphatic heterocycles. The molecule has 78 valence electrons. The molecule has 1 rings (SSSR count). The first-order valence-electron chi connectivity index (χ1n) is 4.93. The van der Waals surface area contributed by atoms with Crippen LogP contribution in [-0.4, -0.2) is 11.0 Å². The van der Waals surface area contributed by atoms with Gasteiger partial charge in [0.2, 0.25) is 0 Å². The second-order valence-corrected chi connectivity index (χ2v) is 4.42. The second kappa shape index (κ2) is 4.65. The van der Waals surface area contributed by atoms with E-state index >= 15 is 0 Å². The van der Waals surface area contributed by atoms with Crippen molar-refractivity contribution < 1.29 is 0 Å². The molecule has 0 radical (unpaired) electrons. The highest BCUT2D eigenvalue weighted by molar-refractivity contribution is 6.31. The lowest BCUT2D eigenvalue weighted by Gasteiger charge is -2.16. The Bertz CT molecular complexity index is 308. The molecule has 0 fully saturated rings. The molecule has 0 aliphatic carbocycles. The maximum atomic E-state index is 6.13. The topological polar surface area (TPSA) is 24.9 Å². The van der Waals surface area contributed by atoms with Crippen molar-refractivity contribution in [2.24, 2.45) is 0 Å². The summed E-state index contributed by atoms with van der Waals surface area (Å²) in [6.45, 7) is 8.42. The van der Waals surface area contributed by atoms with Gasteiger partial charge >= 0.3 is 0 Å². The molecule has 3 heteroatoms. The minimum Gasteiger partial charge on any atom is -0.368 e. The van der Waals surface area contributed by atoms with E-state index in [0.29, 0.717) is 12.0 Å². The van der Waals surface area contributed by atoms with Crippen molar-refractivity contribution in [1.82, 2.24) is 4.98 Å². The third-order valence-electron chi connectivity index (χ3n) is 1.94. The molecule has 0 atom stereocenters. The molecule has 0 saturated carbocycles. The van der Waals surface area contributed by atoms with Gasteiger partial charge in [0.1, 0.15) is 5.82 Å². The summed E-state index contributed by atoms with van der Waals surface area (Å²) < 4.78 is 0. The zero-order chi connectivity index (χ0) is 10.7. The van der Waals surface area contributed by atoms with Crippen LogP contribution in [0.5, 0.6) is 0 Å². The Balaban J connectivity index is 3.08. The average molecular weight is 213 g/mol. The quantitative estimate of drug-likeness (QED) is 0.827. The molecule has 1 aromatic heterocycles. The van der Waals surface area contributed by atoms with E-state index in [1.807, 2.05) is 6.07 Å². The van der Waals surface area contributed by atoms with Gasteiger partial charge in [-0.15, -0.1) is 0 Å². The summed E-state index contributed by atoms with van der Waals surface area (Å²) in [5.74, 6) is 1.29. The van der Waals surface area contributed by atoms with Crippen LogP contribution in [0.2, 0.25) is 5.02 Å². The van der Waals surface area contributed by atoms with Crippen LogP contribution in [0.4, 0.5) is 5.82 Å². The molecule has 1 heterocycles. The summed E-state index contributed by atoms with van der Waals surface area (Å²) in [4.78, 5) is 4.31. The van der Waals surface area contributed by atoms with Crippen molar-refractivity contribution in [3.8, 4) is 0 Å². The van der Waals surface area contributed by atoms with E-state index in [0.717, 1.165) is 16.4 Å². The molecule has 0 amide bonds. The van der Waals surface area contributed by atoms with Crippen LogP contribution in [0.15, 0.2) is 12.3 Å². The van der Waals surface area contributed by atoms with Crippen LogP contribution >= 0.6 is 11.6 Å². The van der Waals surface area contributed by atoms with Gasteiger partial charge in [0, 0.05) is 22.8 Å². The monoisotopic (exact) mass is 212 g/mol. The van der Waals surface area contributed by atoms with Gasteiger partial charge < -0.3 is 5.32 Å². The van der Waals surface area contributed by atoms with Gasteiger partial charge in [0.05, 0.1) is 0 Å². The van der Waals surface area contributed by atoms with Gasteiger partial charge in [-0.2, -0.15) is 0 Å². The van der Waals surface area contributed by atoms with E-state index in [-0.39, 0.29) is 0 Å². The molecule has 1 N–H and O–H groups in total. The fourth-order valence-corrected chi connectivity index (χ4v) is 1.75. The SMILES string of the molecule is CC(C)Nc1nccc(Cl)c1C(C)C. The predicted octanol–water partition coefficient (Wildman–Crippen LogP) is 3.68. The molecule has 2 nitrogen and oxygen atoms in total. The van der Waals surface area contributed by atoms with E-state index in [4.69, 9.17) is 11.6 Å². The molecule has 0 unspecified atom stereocenters. The third kappa shape index (κ3) is 2.61. The van der Waals surface area contributed by atoms with Crippen LogP contribution in [0.25, 0.3) is 0 Å². The van der Waals surface area contributed by atoms with Gasteiger partial charge in [-0.1, -0.05) is 25.4 Å². The molecule has 0 bridgehead atoms. The number of pyridine rings is 1. The minimum atomic E-state index is 0.374. The molecule has 1 aromatic rings. The Morgan fingerprint density at radius 2 is 1.93 bits per heavy atom. The number of aromatic nitrogens is 1. The largest absolute Gasteiger partial charge is 0.368 e. The van der Waals surface area contributed by atoms with Gasteiger partial charge in [-0.3, -0.25) is 0 Å². The van der Waals surface area contributed by atoms with Gasteiger partial charge in [-0.25, -0.2) is 4.98 Å². The number of anilines is 1. The molecule has 0 saturated heterocycles. The Labute approximate surface area is 90.7 Å². The third-order valence-corrected chi connectivity index (χ3v) is 2.27. The van der Waals surface area contributed by atoms with Gasteiger partial charge in [-0.05, 0) is 25.8 Å². The zero-order valence-corrected chi connectivity index (χ0v) is 9.89. The summed E-state index contributed by atoms with van der Waals surface area (Å²) in [7, 11) is 0. The van der Waals surface area contributed by atoms with E-state index in [1.54, 1.807) is 6.20 Å². The maximum absolute atomic E-state index is 6.13. The molecule has 0 spiro atoms. The second-order valence-electron chi connectivity index (χ2n) is 4.01. The molecule has 0 aromatic carbocycles. The number of hydrogen-bond donors (Lipinski definition) is 1. The van der Waals surface area contributed by atoms with Crippen LogP contribution < -0.4 is 5.32 Å². The Morgan fingerprint density at radius 3 is 2.43 bits per heavy atom. The van der Waals surface area contributed by atoms with Crippen molar-refractivity contribution in [2.45, 2.75) is 39.7 Å². The van der Waals surface area contributed by atoms with Crippen LogP contribution in [0, 0.1) is 0 Å². The van der Waals surface area contributed by atoms with Crippen molar-refractivity contribution >= 4 is 17.4 Å². The highest BCUT2D eigenvalue weighted by Crippen LogP contribution is 2.29. The number of hydrogen-bond acceptors (Lipinski definition) is 2. The highest BCUT2D eigenvalue weighted by atomic mass is 35.5. The van der Waals surface area contributed by atoms with E-state index in [2.05, 4.69) is 38.0 Å². The summed E-state index contributed by atoms with van der Waals surface area (Å²) in [5.41, 5.74) is 1.10. The van der Waals surface area contributed by atoms with E-state index in [9.17, 15) is 0 Å². The predicted molar refractivity (Wildman–Crippen MR) is 62.1 cm³/mol. The summed E-state index contributed by atoms with van der Waals surface area (Å²) in [5, 5.41) is 4.09. The average Bonchev–Trinajstić information content (AvgIpc) is 2.01. The standard InChI is InChI=1S/C11H17ClN2/c1-7(2)10-9(12)5-6-13-11(10)14-8(3)4/h5-8H,1-4H3,(H,13,14). The van der Waals surface area contributed by atoms with E-state index < -0.39 is 0 Å². The van der Waals surface area contributed by atoms with Crippen molar-refractivity contribution in [3.05, 3.63) is 22.8 Å².